The lowest BCUT2D eigenvalue weighted by atomic mass is 10.0. The van der Waals surface area contributed by atoms with Gasteiger partial charge in [-0.25, -0.2) is 0 Å². The van der Waals surface area contributed by atoms with Gasteiger partial charge in [0.1, 0.15) is 0 Å². The van der Waals surface area contributed by atoms with Crippen LogP contribution in [0.15, 0.2) is 42.0 Å². The Labute approximate surface area is 111 Å². The number of nitrogens with one attached hydrogen (secondary N) is 1. The highest BCUT2D eigenvalue weighted by atomic mass is 14.9. The molecule has 1 N–H and O–H groups in total. The summed E-state index contributed by atoms with van der Waals surface area (Å²) in [5.41, 5.74) is 5.45. The van der Waals surface area contributed by atoms with Gasteiger partial charge in [-0.2, -0.15) is 0 Å². The van der Waals surface area contributed by atoms with Crippen molar-refractivity contribution in [1.29, 1.82) is 0 Å². The van der Waals surface area contributed by atoms with Crippen molar-refractivity contribution >= 4 is 5.70 Å². The standard InChI is InChI=1S/C17H23N/c1-3-5-6-15-11-12-18-17(13-15)16-9-7-14(4-2)8-10-16/h7-11,13,18H,3-6,12H2,1-2H3. The minimum absolute atomic E-state index is 0.959. The molecule has 1 aromatic carbocycles. The summed E-state index contributed by atoms with van der Waals surface area (Å²) in [4.78, 5) is 0. The number of hydrogen-bond donors (Lipinski definition) is 1. The van der Waals surface area contributed by atoms with E-state index in [0.717, 1.165) is 13.0 Å². The van der Waals surface area contributed by atoms with E-state index in [1.54, 1.807) is 0 Å². The summed E-state index contributed by atoms with van der Waals surface area (Å²) in [6, 6.07) is 8.89. The lowest BCUT2D eigenvalue weighted by Crippen LogP contribution is -2.16. The number of hydrogen-bond acceptors (Lipinski definition) is 1. The first-order chi connectivity index (χ1) is 8.83. The van der Waals surface area contributed by atoms with E-state index in [9.17, 15) is 0 Å². The molecule has 96 valence electrons. The molecule has 1 heteroatoms. The highest BCUT2D eigenvalue weighted by Gasteiger charge is 2.06. The SMILES string of the molecule is CCCCC1=CCNC(c2ccc(CC)cc2)=C1. The van der Waals surface area contributed by atoms with E-state index in [1.807, 2.05) is 0 Å². The summed E-state index contributed by atoms with van der Waals surface area (Å²) < 4.78 is 0. The zero-order chi connectivity index (χ0) is 12.8. The van der Waals surface area contributed by atoms with Crippen molar-refractivity contribution in [2.45, 2.75) is 39.5 Å². The Balaban J connectivity index is 2.11. The van der Waals surface area contributed by atoms with Crippen LogP contribution in [0.2, 0.25) is 0 Å². The molecule has 18 heavy (non-hydrogen) atoms. The van der Waals surface area contributed by atoms with Crippen LogP contribution in [0.1, 0.15) is 44.2 Å². The highest BCUT2D eigenvalue weighted by molar-refractivity contribution is 5.68. The molecule has 0 spiro atoms. The molecular formula is C17H23N. The zero-order valence-corrected chi connectivity index (χ0v) is 11.5. The average Bonchev–Trinajstić information content (AvgIpc) is 2.45. The Morgan fingerprint density at radius 3 is 2.56 bits per heavy atom. The van der Waals surface area contributed by atoms with Crippen molar-refractivity contribution in [2.24, 2.45) is 0 Å². The van der Waals surface area contributed by atoms with Gasteiger partial charge in [0.15, 0.2) is 0 Å². The van der Waals surface area contributed by atoms with Crippen LogP contribution >= 0.6 is 0 Å². The zero-order valence-electron chi connectivity index (χ0n) is 11.5. The number of unbranched alkanes of at least 4 members (excludes halogenated alkanes) is 1. The second-order valence-corrected chi connectivity index (χ2v) is 4.87. The molecule has 1 aromatic rings. The molecule has 0 atom stereocenters. The van der Waals surface area contributed by atoms with Gasteiger partial charge in [-0.1, -0.05) is 50.6 Å². The molecule has 0 unspecified atom stereocenters. The van der Waals surface area contributed by atoms with E-state index in [-0.39, 0.29) is 0 Å². The second-order valence-electron chi connectivity index (χ2n) is 4.87. The van der Waals surface area contributed by atoms with Crippen molar-refractivity contribution in [3.05, 3.63) is 53.1 Å². The second kappa shape index (κ2) is 6.44. The maximum Gasteiger partial charge on any atom is 0.0418 e. The Bertz CT molecular complexity index is 437. The first-order valence-electron chi connectivity index (χ1n) is 7.07. The maximum absolute atomic E-state index is 3.46. The summed E-state index contributed by atoms with van der Waals surface area (Å²) in [6.45, 7) is 5.40. The Hall–Kier alpha value is -1.50. The van der Waals surface area contributed by atoms with Crippen molar-refractivity contribution < 1.29 is 0 Å². The van der Waals surface area contributed by atoms with Crippen LogP contribution in [0, 0.1) is 0 Å². The lowest BCUT2D eigenvalue weighted by molar-refractivity contribution is 0.789. The average molecular weight is 241 g/mol. The third-order valence-electron chi connectivity index (χ3n) is 3.48. The third kappa shape index (κ3) is 3.25. The van der Waals surface area contributed by atoms with Crippen LogP contribution < -0.4 is 5.32 Å². The van der Waals surface area contributed by atoms with Crippen molar-refractivity contribution in [2.75, 3.05) is 6.54 Å². The maximum atomic E-state index is 3.46. The van der Waals surface area contributed by atoms with Gasteiger partial charge >= 0.3 is 0 Å². The van der Waals surface area contributed by atoms with E-state index < -0.39 is 0 Å². The molecule has 0 saturated heterocycles. The van der Waals surface area contributed by atoms with Crippen molar-refractivity contribution in [1.82, 2.24) is 5.32 Å². The van der Waals surface area contributed by atoms with Crippen LogP contribution in [0.25, 0.3) is 5.70 Å². The predicted octanol–water partition coefficient (Wildman–Crippen LogP) is 4.31. The van der Waals surface area contributed by atoms with E-state index in [1.165, 1.54) is 41.7 Å². The number of rotatable bonds is 5. The number of benzene rings is 1. The fourth-order valence-corrected chi connectivity index (χ4v) is 2.25. The van der Waals surface area contributed by atoms with Gasteiger partial charge in [0.2, 0.25) is 0 Å². The van der Waals surface area contributed by atoms with Gasteiger partial charge < -0.3 is 5.32 Å². The number of dihydropyridines is 1. The van der Waals surface area contributed by atoms with Crippen molar-refractivity contribution in [3.8, 4) is 0 Å². The Kier molecular flexibility index (Phi) is 4.63. The summed E-state index contributed by atoms with van der Waals surface area (Å²) in [5.74, 6) is 0. The number of aryl methyl sites for hydroxylation is 1. The van der Waals surface area contributed by atoms with Gasteiger partial charge in [0.25, 0.3) is 0 Å². The van der Waals surface area contributed by atoms with Gasteiger partial charge in [-0.05, 0) is 42.0 Å². The quantitative estimate of drug-likeness (QED) is 0.810. The third-order valence-corrected chi connectivity index (χ3v) is 3.48. The molecule has 1 heterocycles. The van der Waals surface area contributed by atoms with Gasteiger partial charge in [0.05, 0.1) is 0 Å². The molecule has 1 aliphatic heterocycles. The lowest BCUT2D eigenvalue weighted by Gasteiger charge is -2.16. The van der Waals surface area contributed by atoms with Crippen LogP contribution in [0.4, 0.5) is 0 Å². The summed E-state index contributed by atoms with van der Waals surface area (Å²) in [7, 11) is 0. The van der Waals surface area contributed by atoms with Crippen LogP contribution in [0.3, 0.4) is 0 Å². The molecule has 0 bridgehead atoms. The van der Waals surface area contributed by atoms with E-state index in [0.29, 0.717) is 0 Å². The fourth-order valence-electron chi connectivity index (χ4n) is 2.25. The summed E-state index contributed by atoms with van der Waals surface area (Å²) >= 11 is 0. The minimum atomic E-state index is 0.959. The smallest absolute Gasteiger partial charge is 0.0418 e. The fraction of sp³-hybridized carbons (Fsp3) is 0.412. The summed E-state index contributed by atoms with van der Waals surface area (Å²) in [6.07, 6.45) is 9.46. The molecule has 0 radical (unpaired) electrons. The molecular weight excluding hydrogens is 218 g/mol. The van der Waals surface area contributed by atoms with Gasteiger partial charge in [0, 0.05) is 12.2 Å². The molecule has 0 aromatic heterocycles. The topological polar surface area (TPSA) is 12.0 Å². The van der Waals surface area contributed by atoms with E-state index >= 15 is 0 Å². The Morgan fingerprint density at radius 1 is 1.11 bits per heavy atom. The van der Waals surface area contributed by atoms with E-state index in [4.69, 9.17) is 0 Å². The molecule has 0 amide bonds. The molecule has 0 aliphatic carbocycles. The first-order valence-corrected chi connectivity index (χ1v) is 7.07. The molecule has 1 aliphatic rings. The van der Waals surface area contributed by atoms with Gasteiger partial charge in [-0.15, -0.1) is 0 Å². The van der Waals surface area contributed by atoms with Crippen LogP contribution in [-0.4, -0.2) is 6.54 Å². The number of allylic oxidation sites excluding steroid dienone is 2. The molecule has 2 rings (SSSR count). The van der Waals surface area contributed by atoms with Crippen LogP contribution in [0.5, 0.6) is 0 Å². The first kappa shape index (κ1) is 12.9. The van der Waals surface area contributed by atoms with Crippen molar-refractivity contribution in [3.63, 3.8) is 0 Å². The highest BCUT2D eigenvalue weighted by Crippen LogP contribution is 2.20. The predicted molar refractivity (Wildman–Crippen MR) is 79.4 cm³/mol. The monoisotopic (exact) mass is 241 g/mol. The largest absolute Gasteiger partial charge is 0.381 e. The van der Waals surface area contributed by atoms with Gasteiger partial charge in [-0.3, -0.25) is 0 Å². The summed E-state index contributed by atoms with van der Waals surface area (Å²) in [5, 5.41) is 3.46. The minimum Gasteiger partial charge on any atom is -0.381 e. The van der Waals surface area contributed by atoms with E-state index in [2.05, 4.69) is 55.6 Å². The molecule has 0 fully saturated rings. The van der Waals surface area contributed by atoms with Crippen LogP contribution in [-0.2, 0) is 6.42 Å². The normalized spacial score (nSPS) is 14.8. The molecule has 1 nitrogen and oxygen atoms in total. The Morgan fingerprint density at radius 2 is 1.89 bits per heavy atom. The molecule has 0 saturated carbocycles.